The maximum absolute atomic E-state index is 13.3. The van der Waals surface area contributed by atoms with E-state index < -0.39 is 5.82 Å². The molecule has 1 rings (SSSR count). The summed E-state index contributed by atoms with van der Waals surface area (Å²) in [5.74, 6) is -0.741. The lowest BCUT2D eigenvalue weighted by Gasteiger charge is -2.07. The molecule has 0 saturated carbocycles. The van der Waals surface area contributed by atoms with Crippen molar-refractivity contribution in [1.82, 2.24) is 5.32 Å². The van der Waals surface area contributed by atoms with Crippen LogP contribution in [0.1, 0.15) is 12.5 Å². The van der Waals surface area contributed by atoms with Crippen LogP contribution in [-0.2, 0) is 4.79 Å². The van der Waals surface area contributed by atoms with Gasteiger partial charge in [0.05, 0.1) is 23.9 Å². The highest BCUT2D eigenvalue weighted by Gasteiger charge is 2.04. The highest BCUT2D eigenvalue weighted by molar-refractivity contribution is 5.80. The number of hydrogen-bond acceptors (Lipinski definition) is 3. The molecule has 16 heavy (non-hydrogen) atoms. The Labute approximate surface area is 93.1 Å². The van der Waals surface area contributed by atoms with Crippen molar-refractivity contribution >= 4 is 11.6 Å². The van der Waals surface area contributed by atoms with E-state index in [1.54, 1.807) is 6.92 Å². The second-order valence-corrected chi connectivity index (χ2v) is 3.11. The molecule has 0 fully saturated rings. The molecule has 84 valence electrons. The number of amides is 1. The number of hydrogen-bond donors (Lipinski definition) is 2. The van der Waals surface area contributed by atoms with Crippen LogP contribution in [0.25, 0.3) is 0 Å². The first kappa shape index (κ1) is 12.0. The van der Waals surface area contributed by atoms with Gasteiger partial charge in [-0.15, -0.1) is 0 Å². The van der Waals surface area contributed by atoms with Gasteiger partial charge in [-0.25, -0.2) is 4.39 Å². The molecule has 1 amide bonds. The average Bonchev–Trinajstić information content (AvgIpc) is 2.27. The Bertz CT molecular complexity index is 426. The van der Waals surface area contributed by atoms with Crippen LogP contribution in [0, 0.1) is 17.1 Å². The predicted molar refractivity (Wildman–Crippen MR) is 58.3 cm³/mol. The van der Waals surface area contributed by atoms with Crippen LogP contribution in [0.2, 0.25) is 0 Å². The molecular formula is C11H12FN3O. The van der Waals surface area contributed by atoms with E-state index in [0.717, 1.165) is 6.07 Å². The third-order valence-electron chi connectivity index (χ3n) is 1.91. The van der Waals surface area contributed by atoms with E-state index in [0.29, 0.717) is 6.54 Å². The number of carbonyl (C=O) groups excluding carboxylic acids is 1. The molecule has 4 nitrogen and oxygen atoms in total. The second-order valence-electron chi connectivity index (χ2n) is 3.11. The Hall–Kier alpha value is -2.09. The average molecular weight is 221 g/mol. The summed E-state index contributed by atoms with van der Waals surface area (Å²) in [6, 6.07) is 5.89. The summed E-state index contributed by atoms with van der Waals surface area (Å²) in [4.78, 5) is 11.1. The van der Waals surface area contributed by atoms with E-state index in [1.165, 1.54) is 12.1 Å². The Morgan fingerprint density at radius 2 is 2.31 bits per heavy atom. The summed E-state index contributed by atoms with van der Waals surface area (Å²) >= 11 is 0. The molecule has 0 spiro atoms. The van der Waals surface area contributed by atoms with E-state index in [9.17, 15) is 9.18 Å². The molecule has 0 bridgehead atoms. The quantitative estimate of drug-likeness (QED) is 0.804. The number of rotatable bonds is 4. The Morgan fingerprint density at radius 1 is 1.56 bits per heavy atom. The lowest BCUT2D eigenvalue weighted by molar-refractivity contribution is -0.119. The summed E-state index contributed by atoms with van der Waals surface area (Å²) in [6.07, 6.45) is 0. The summed E-state index contributed by atoms with van der Waals surface area (Å²) in [6.45, 7) is 2.35. The Kier molecular flexibility index (Phi) is 4.28. The van der Waals surface area contributed by atoms with Gasteiger partial charge in [0.1, 0.15) is 5.82 Å². The van der Waals surface area contributed by atoms with Gasteiger partial charge in [-0.05, 0) is 25.1 Å². The zero-order valence-corrected chi connectivity index (χ0v) is 8.88. The maximum atomic E-state index is 13.3. The molecule has 0 unspecified atom stereocenters. The summed E-state index contributed by atoms with van der Waals surface area (Å²) in [5.41, 5.74) is 0.464. The summed E-state index contributed by atoms with van der Waals surface area (Å²) in [5, 5.41) is 13.8. The van der Waals surface area contributed by atoms with E-state index in [1.807, 2.05) is 6.07 Å². The standard InChI is InChI=1S/C11H12FN3O/c1-2-14-11(16)7-15-10-4-3-8(6-13)5-9(10)12/h3-5,15H,2,7H2,1H3,(H,14,16). The van der Waals surface area contributed by atoms with Gasteiger partial charge < -0.3 is 10.6 Å². The zero-order valence-electron chi connectivity index (χ0n) is 8.88. The molecule has 0 radical (unpaired) electrons. The smallest absolute Gasteiger partial charge is 0.239 e. The highest BCUT2D eigenvalue weighted by atomic mass is 19.1. The molecule has 0 aliphatic rings. The third-order valence-corrected chi connectivity index (χ3v) is 1.91. The molecule has 0 atom stereocenters. The number of halogens is 1. The number of likely N-dealkylation sites (N-methyl/N-ethyl adjacent to an activating group) is 1. The molecule has 0 aliphatic heterocycles. The molecule has 0 heterocycles. The van der Waals surface area contributed by atoms with Gasteiger partial charge in [-0.1, -0.05) is 0 Å². The monoisotopic (exact) mass is 221 g/mol. The van der Waals surface area contributed by atoms with Crippen molar-refractivity contribution in [3.8, 4) is 6.07 Å². The van der Waals surface area contributed by atoms with Crippen molar-refractivity contribution in [2.45, 2.75) is 6.92 Å². The van der Waals surface area contributed by atoms with Crippen molar-refractivity contribution in [2.75, 3.05) is 18.4 Å². The van der Waals surface area contributed by atoms with E-state index in [4.69, 9.17) is 5.26 Å². The van der Waals surface area contributed by atoms with Crippen molar-refractivity contribution < 1.29 is 9.18 Å². The van der Waals surface area contributed by atoms with Crippen LogP contribution >= 0.6 is 0 Å². The fraction of sp³-hybridized carbons (Fsp3) is 0.273. The first-order valence-corrected chi connectivity index (χ1v) is 4.87. The van der Waals surface area contributed by atoms with E-state index in [2.05, 4.69) is 10.6 Å². The van der Waals surface area contributed by atoms with Crippen LogP contribution in [0.4, 0.5) is 10.1 Å². The molecule has 0 saturated heterocycles. The lowest BCUT2D eigenvalue weighted by atomic mass is 10.2. The van der Waals surface area contributed by atoms with Crippen LogP contribution in [0.15, 0.2) is 18.2 Å². The van der Waals surface area contributed by atoms with Crippen LogP contribution in [-0.4, -0.2) is 19.0 Å². The number of anilines is 1. The number of nitriles is 1. The van der Waals surface area contributed by atoms with Crippen molar-refractivity contribution in [1.29, 1.82) is 5.26 Å². The number of carbonyl (C=O) groups is 1. The van der Waals surface area contributed by atoms with Crippen LogP contribution < -0.4 is 10.6 Å². The van der Waals surface area contributed by atoms with Gasteiger partial charge in [0.2, 0.25) is 5.91 Å². The molecule has 2 N–H and O–H groups in total. The minimum absolute atomic E-state index is 0.0106. The molecule has 1 aromatic rings. The van der Waals surface area contributed by atoms with E-state index in [-0.39, 0.29) is 23.7 Å². The minimum Gasteiger partial charge on any atom is -0.374 e. The van der Waals surface area contributed by atoms with Crippen LogP contribution in [0.3, 0.4) is 0 Å². The first-order chi connectivity index (χ1) is 7.67. The minimum atomic E-state index is -0.539. The van der Waals surface area contributed by atoms with Gasteiger partial charge in [0.15, 0.2) is 0 Å². The predicted octanol–water partition coefficient (Wildman–Crippen LogP) is 1.25. The fourth-order valence-electron chi connectivity index (χ4n) is 1.16. The summed E-state index contributed by atoms with van der Waals surface area (Å²) < 4.78 is 13.3. The zero-order chi connectivity index (χ0) is 12.0. The van der Waals surface area contributed by atoms with Gasteiger partial charge >= 0.3 is 0 Å². The molecule has 0 aliphatic carbocycles. The topological polar surface area (TPSA) is 64.9 Å². The van der Waals surface area contributed by atoms with E-state index >= 15 is 0 Å². The molecule has 1 aromatic carbocycles. The molecular weight excluding hydrogens is 209 g/mol. The SMILES string of the molecule is CCNC(=O)CNc1ccc(C#N)cc1F. The fourth-order valence-corrected chi connectivity index (χ4v) is 1.16. The molecule has 5 heteroatoms. The largest absolute Gasteiger partial charge is 0.374 e. The van der Waals surface area contributed by atoms with Crippen molar-refractivity contribution in [3.63, 3.8) is 0 Å². The third kappa shape index (κ3) is 3.24. The summed E-state index contributed by atoms with van der Waals surface area (Å²) in [7, 11) is 0. The van der Waals surface area contributed by atoms with Gasteiger partial charge in [-0.3, -0.25) is 4.79 Å². The number of nitrogens with zero attached hydrogens (tertiary/aromatic N) is 1. The number of benzene rings is 1. The van der Waals surface area contributed by atoms with Gasteiger partial charge in [0.25, 0.3) is 0 Å². The Balaban J connectivity index is 2.62. The van der Waals surface area contributed by atoms with Crippen molar-refractivity contribution in [2.24, 2.45) is 0 Å². The normalized spacial score (nSPS) is 9.31. The highest BCUT2D eigenvalue weighted by Crippen LogP contribution is 2.14. The Morgan fingerprint density at radius 3 is 2.88 bits per heavy atom. The first-order valence-electron chi connectivity index (χ1n) is 4.87. The van der Waals surface area contributed by atoms with Crippen LogP contribution in [0.5, 0.6) is 0 Å². The van der Waals surface area contributed by atoms with Gasteiger partial charge in [-0.2, -0.15) is 5.26 Å². The van der Waals surface area contributed by atoms with Gasteiger partial charge in [0, 0.05) is 6.54 Å². The molecule has 0 aromatic heterocycles. The second kappa shape index (κ2) is 5.71. The maximum Gasteiger partial charge on any atom is 0.239 e. The number of nitrogens with one attached hydrogen (secondary N) is 2. The van der Waals surface area contributed by atoms with Crippen molar-refractivity contribution in [3.05, 3.63) is 29.6 Å². The lowest BCUT2D eigenvalue weighted by Crippen LogP contribution is -2.29.